The summed E-state index contributed by atoms with van der Waals surface area (Å²) in [5.74, 6) is 3.10. The number of hydrogen-bond donors (Lipinski definition) is 1. The van der Waals surface area contributed by atoms with Gasteiger partial charge in [0.05, 0.1) is 18.9 Å². The van der Waals surface area contributed by atoms with Gasteiger partial charge in [-0.3, -0.25) is 0 Å². The number of hydrazone groups is 1. The molecular weight excluding hydrogens is 356 g/mol. The lowest BCUT2D eigenvalue weighted by Crippen LogP contribution is -2.33. The van der Waals surface area contributed by atoms with E-state index in [1.807, 2.05) is 54.4 Å². The number of methoxy groups -OCH3 is 1. The highest BCUT2D eigenvalue weighted by Gasteiger charge is 2.43. The first-order valence-corrected chi connectivity index (χ1v) is 9.20. The zero-order valence-corrected chi connectivity index (χ0v) is 15.6. The summed E-state index contributed by atoms with van der Waals surface area (Å²) in [6.07, 6.45) is 0.142. The van der Waals surface area contributed by atoms with Crippen molar-refractivity contribution < 1.29 is 19.0 Å². The molecule has 2 atom stereocenters. The minimum atomic E-state index is -0.508. The fourth-order valence-electron chi connectivity index (χ4n) is 3.90. The first-order valence-electron chi connectivity index (χ1n) is 9.20. The zero-order chi connectivity index (χ0) is 19.3. The standard InChI is InChI=1S/C22H20N2O4/c1-13-10-11-20(27-13)22-24-17(15-7-5-9-19(26-2)21(15)28-22)12-16(23-24)14-6-3-4-8-18(14)25/h3-11,17,22,25H,12H2,1-2H3/t17-,22+/m1/s1. The molecule has 1 N–H and O–H groups in total. The summed E-state index contributed by atoms with van der Waals surface area (Å²) in [5.41, 5.74) is 2.56. The Kier molecular flexibility index (Phi) is 3.79. The van der Waals surface area contributed by atoms with Crippen molar-refractivity contribution in [3.63, 3.8) is 0 Å². The molecule has 5 rings (SSSR count). The van der Waals surface area contributed by atoms with Crippen molar-refractivity contribution in [2.45, 2.75) is 25.6 Å². The SMILES string of the molecule is COc1cccc2c1O[C@@H](c1ccc(C)o1)N1N=C(c3ccccc3O)C[C@H]21. The maximum atomic E-state index is 10.3. The maximum Gasteiger partial charge on any atom is 0.246 e. The van der Waals surface area contributed by atoms with Crippen molar-refractivity contribution in [2.24, 2.45) is 5.10 Å². The summed E-state index contributed by atoms with van der Waals surface area (Å²) in [6.45, 7) is 1.90. The van der Waals surface area contributed by atoms with Crippen LogP contribution in [-0.4, -0.2) is 22.9 Å². The van der Waals surface area contributed by atoms with Crippen LogP contribution in [-0.2, 0) is 0 Å². The number of rotatable bonds is 3. The number of fused-ring (bicyclic) bond motifs is 3. The van der Waals surface area contributed by atoms with E-state index in [-0.39, 0.29) is 11.8 Å². The maximum absolute atomic E-state index is 10.3. The van der Waals surface area contributed by atoms with Crippen LogP contribution in [0.3, 0.4) is 0 Å². The molecule has 2 aliphatic rings. The van der Waals surface area contributed by atoms with Crippen molar-refractivity contribution in [2.75, 3.05) is 7.11 Å². The average molecular weight is 376 g/mol. The molecule has 0 fully saturated rings. The molecule has 2 aliphatic heterocycles. The highest BCUT2D eigenvalue weighted by molar-refractivity contribution is 6.04. The number of para-hydroxylation sites is 2. The third-order valence-electron chi connectivity index (χ3n) is 5.22. The fourth-order valence-corrected chi connectivity index (χ4v) is 3.90. The lowest BCUT2D eigenvalue weighted by atomic mass is 9.95. The van der Waals surface area contributed by atoms with E-state index in [1.165, 1.54) is 0 Å². The van der Waals surface area contributed by atoms with Crippen LogP contribution < -0.4 is 9.47 Å². The minimum absolute atomic E-state index is 0.0381. The molecular formula is C22H20N2O4. The molecule has 0 radical (unpaired) electrons. The summed E-state index contributed by atoms with van der Waals surface area (Å²) in [7, 11) is 1.63. The van der Waals surface area contributed by atoms with Gasteiger partial charge in [0.2, 0.25) is 6.23 Å². The fraction of sp³-hybridized carbons (Fsp3) is 0.227. The molecule has 0 unspecified atom stereocenters. The predicted octanol–water partition coefficient (Wildman–Crippen LogP) is 4.54. The summed E-state index contributed by atoms with van der Waals surface area (Å²) >= 11 is 0. The monoisotopic (exact) mass is 376 g/mol. The van der Waals surface area contributed by atoms with Gasteiger partial charge >= 0.3 is 0 Å². The van der Waals surface area contributed by atoms with Crippen LogP contribution in [0.2, 0.25) is 0 Å². The number of ether oxygens (including phenoxy) is 2. The van der Waals surface area contributed by atoms with Crippen LogP contribution in [0, 0.1) is 6.92 Å². The van der Waals surface area contributed by atoms with Crippen molar-refractivity contribution in [1.82, 2.24) is 5.01 Å². The molecule has 6 heteroatoms. The molecule has 3 heterocycles. The Hall–Kier alpha value is -3.41. The van der Waals surface area contributed by atoms with E-state index in [2.05, 4.69) is 0 Å². The van der Waals surface area contributed by atoms with Crippen LogP contribution in [0.5, 0.6) is 17.2 Å². The van der Waals surface area contributed by atoms with Crippen molar-refractivity contribution >= 4 is 5.71 Å². The molecule has 6 nitrogen and oxygen atoms in total. The Labute approximate surface area is 162 Å². The van der Waals surface area contributed by atoms with Gasteiger partial charge < -0.3 is 19.0 Å². The van der Waals surface area contributed by atoms with Crippen LogP contribution >= 0.6 is 0 Å². The van der Waals surface area contributed by atoms with E-state index in [0.29, 0.717) is 23.7 Å². The smallest absolute Gasteiger partial charge is 0.246 e. The van der Waals surface area contributed by atoms with Crippen molar-refractivity contribution in [3.05, 3.63) is 77.2 Å². The Morgan fingerprint density at radius 3 is 2.71 bits per heavy atom. The number of furan rings is 1. The van der Waals surface area contributed by atoms with Crippen LogP contribution in [0.25, 0.3) is 0 Å². The Morgan fingerprint density at radius 1 is 1.11 bits per heavy atom. The molecule has 3 aromatic rings. The summed E-state index contributed by atoms with van der Waals surface area (Å²) in [6, 6.07) is 16.9. The first-order chi connectivity index (χ1) is 13.7. The molecule has 0 saturated heterocycles. The van der Waals surface area contributed by atoms with E-state index in [0.717, 1.165) is 22.6 Å². The number of nitrogens with zero attached hydrogens (tertiary/aromatic N) is 2. The Bertz CT molecular complexity index is 1070. The largest absolute Gasteiger partial charge is 0.507 e. The molecule has 0 amide bonds. The van der Waals surface area contributed by atoms with E-state index in [1.54, 1.807) is 19.2 Å². The van der Waals surface area contributed by atoms with Crippen LogP contribution in [0.1, 0.15) is 41.3 Å². The lowest BCUT2D eigenvalue weighted by molar-refractivity contribution is -0.0345. The van der Waals surface area contributed by atoms with E-state index >= 15 is 0 Å². The van der Waals surface area contributed by atoms with Crippen LogP contribution in [0.4, 0.5) is 0 Å². The molecule has 142 valence electrons. The van der Waals surface area contributed by atoms with E-state index in [9.17, 15) is 5.11 Å². The summed E-state index contributed by atoms with van der Waals surface area (Å²) in [5, 5.41) is 17.0. The number of aryl methyl sites for hydroxylation is 1. The highest BCUT2D eigenvalue weighted by atomic mass is 16.5. The predicted molar refractivity (Wildman–Crippen MR) is 104 cm³/mol. The molecule has 0 bridgehead atoms. The molecule has 0 spiro atoms. The van der Waals surface area contributed by atoms with Gasteiger partial charge in [0, 0.05) is 17.5 Å². The van der Waals surface area contributed by atoms with Crippen molar-refractivity contribution in [1.29, 1.82) is 0 Å². The molecule has 1 aromatic heterocycles. The van der Waals surface area contributed by atoms with E-state index in [4.69, 9.17) is 19.0 Å². The summed E-state index contributed by atoms with van der Waals surface area (Å²) in [4.78, 5) is 0. The molecule has 0 saturated carbocycles. The van der Waals surface area contributed by atoms with Gasteiger partial charge in [0.25, 0.3) is 0 Å². The number of aromatic hydroxyl groups is 1. The average Bonchev–Trinajstić information content (AvgIpc) is 3.34. The molecule has 2 aromatic carbocycles. The number of benzene rings is 2. The van der Waals surface area contributed by atoms with Gasteiger partial charge in [-0.1, -0.05) is 24.3 Å². The van der Waals surface area contributed by atoms with Gasteiger partial charge in [0.1, 0.15) is 11.5 Å². The Morgan fingerprint density at radius 2 is 1.96 bits per heavy atom. The third-order valence-corrected chi connectivity index (χ3v) is 5.22. The van der Waals surface area contributed by atoms with Crippen molar-refractivity contribution in [3.8, 4) is 17.2 Å². The lowest BCUT2D eigenvalue weighted by Gasteiger charge is -2.37. The van der Waals surface area contributed by atoms with Gasteiger partial charge in [-0.2, -0.15) is 5.10 Å². The first kappa shape index (κ1) is 16.7. The number of phenolic OH excluding ortho intramolecular Hbond substituents is 1. The van der Waals surface area contributed by atoms with Gasteiger partial charge in [-0.05, 0) is 37.3 Å². The second-order valence-electron chi connectivity index (χ2n) is 6.96. The quantitative estimate of drug-likeness (QED) is 0.727. The zero-order valence-electron chi connectivity index (χ0n) is 15.6. The van der Waals surface area contributed by atoms with Gasteiger partial charge in [0.15, 0.2) is 17.3 Å². The second-order valence-corrected chi connectivity index (χ2v) is 6.96. The topological polar surface area (TPSA) is 67.4 Å². The second kappa shape index (κ2) is 6.34. The van der Waals surface area contributed by atoms with Gasteiger partial charge in [-0.25, -0.2) is 5.01 Å². The number of hydrogen-bond acceptors (Lipinski definition) is 6. The third kappa shape index (κ3) is 2.52. The molecule has 28 heavy (non-hydrogen) atoms. The number of phenols is 1. The summed E-state index contributed by atoms with van der Waals surface area (Å²) < 4.78 is 17.7. The van der Waals surface area contributed by atoms with Crippen LogP contribution in [0.15, 0.2) is 64.1 Å². The normalized spacial score (nSPS) is 20.2. The van der Waals surface area contributed by atoms with Gasteiger partial charge in [-0.15, -0.1) is 0 Å². The minimum Gasteiger partial charge on any atom is -0.507 e. The van der Waals surface area contributed by atoms with E-state index < -0.39 is 6.23 Å². The Balaban J connectivity index is 1.64. The molecule has 0 aliphatic carbocycles. The highest BCUT2D eigenvalue weighted by Crippen LogP contribution is 2.51.